The predicted octanol–water partition coefficient (Wildman–Crippen LogP) is 12.3. The van der Waals surface area contributed by atoms with E-state index in [9.17, 15) is 24.0 Å². The molecule has 2 aliphatic heterocycles. The number of piperazine rings is 2. The van der Waals surface area contributed by atoms with Gasteiger partial charge in [-0.25, -0.2) is 0 Å². The maximum atomic E-state index is 12.2. The molecule has 0 saturated carbocycles. The maximum absolute atomic E-state index is 12.2. The highest BCUT2D eigenvalue weighted by Crippen LogP contribution is 2.18. The smallest absolute Gasteiger partial charge is 0.279 e. The van der Waals surface area contributed by atoms with Gasteiger partial charge in [0.25, 0.3) is 5.91 Å². The van der Waals surface area contributed by atoms with Gasteiger partial charge in [-0.1, -0.05) is 98.7 Å². The summed E-state index contributed by atoms with van der Waals surface area (Å²) in [5, 5.41) is 41.7. The zero-order chi connectivity index (χ0) is 64.0. The van der Waals surface area contributed by atoms with E-state index in [4.69, 9.17) is 90.3 Å². The van der Waals surface area contributed by atoms with Crippen LogP contribution in [0.3, 0.4) is 0 Å². The fourth-order valence-electron chi connectivity index (χ4n) is 6.52. The molecule has 2 aliphatic rings. The van der Waals surface area contributed by atoms with Gasteiger partial charge >= 0.3 is 0 Å². The van der Waals surface area contributed by atoms with E-state index in [1.807, 2.05) is 31.2 Å². The molecule has 0 radical (unpaired) electrons. The van der Waals surface area contributed by atoms with Crippen LogP contribution in [-0.2, 0) is 37.2 Å². The molecule has 2 fully saturated rings. The minimum atomic E-state index is -0.508. The molecule has 0 atom stereocenters. The van der Waals surface area contributed by atoms with Crippen LogP contribution >= 0.6 is 58.0 Å². The summed E-state index contributed by atoms with van der Waals surface area (Å²) in [7, 11) is 8.58. The summed E-state index contributed by atoms with van der Waals surface area (Å²) in [5.41, 5.74) is 29.3. The molecule has 23 nitrogen and oxygen atoms in total. The molecule has 0 aliphatic carbocycles. The number of carbonyl (C=O) groups excluding carboxylic acids is 5. The second kappa shape index (κ2) is 52.9. The summed E-state index contributed by atoms with van der Waals surface area (Å²) < 4.78 is 0.771. The number of hydrogen-bond donors (Lipinski definition) is 7. The normalized spacial score (nSPS) is 12.3. The van der Waals surface area contributed by atoms with E-state index in [1.54, 1.807) is 103 Å². The Kier molecular flexibility index (Phi) is 52.4. The number of aliphatic hydroxyl groups is 2. The number of carbonyl (C=O) groups is 5. The lowest BCUT2D eigenvalue weighted by molar-refractivity contribution is -0.905. The van der Waals surface area contributed by atoms with E-state index in [-0.39, 0.29) is 82.6 Å². The average molecular weight is 1320 g/mol. The quantitative estimate of drug-likeness (QED) is 0.0104. The number of halogens is 5. The maximum Gasteiger partial charge on any atom is 0.279 e. The molecule has 5 aromatic rings. The third-order valence-corrected chi connectivity index (χ3v) is 12.5. The van der Waals surface area contributed by atoms with Crippen molar-refractivity contribution >= 4 is 127 Å². The Morgan fingerprint density at radius 3 is 1.11 bits per heavy atom. The molecule has 2 saturated heterocycles. The summed E-state index contributed by atoms with van der Waals surface area (Å²) in [6, 6.07) is 36.7. The van der Waals surface area contributed by atoms with Crippen LogP contribution < -0.4 is 27.0 Å². The number of azide groups is 2. The number of benzene rings is 5. The Balaban J connectivity index is -0.000000476. The highest BCUT2D eigenvalue weighted by molar-refractivity contribution is 6.67. The predicted molar refractivity (Wildman–Crippen MR) is 364 cm³/mol. The number of nitriles is 1. The SMILES string of the molecule is C.C.C.CC#N.CN1CCN(C)CC1.CN1CC[N+](C)(CC(=O)Nc2ccc(N=[N+]=[N-])cc2)CC1.Cc1ccc(NC(=O)CCl)cc1.Nc1ccc(CO)cc1.O=C(CCl)Nc1ccc(CO)cc1.O=C(Cl)CCl.[N-]=[N+]=Nc1ccc(NC(=O)CCl)cc1. The van der Waals surface area contributed by atoms with E-state index in [0.29, 0.717) is 29.3 Å². The van der Waals surface area contributed by atoms with E-state index < -0.39 is 5.24 Å². The third-order valence-electron chi connectivity index (χ3n) is 11.3. The lowest BCUT2D eigenvalue weighted by Gasteiger charge is -2.40. The Hall–Kier alpha value is -7.23. The highest BCUT2D eigenvalue weighted by Gasteiger charge is 2.29. The largest absolute Gasteiger partial charge is 0.399 e. The summed E-state index contributed by atoms with van der Waals surface area (Å²) in [6.45, 7) is 12.9. The zero-order valence-corrected chi connectivity index (χ0v) is 52.3. The second-order valence-corrected chi connectivity index (χ2v) is 20.0. The molecule has 0 bridgehead atoms. The molecule has 4 amide bonds. The molecule has 88 heavy (non-hydrogen) atoms. The molecule has 8 N–H and O–H groups in total. The van der Waals surface area contributed by atoms with Gasteiger partial charge in [0, 0.05) is 95.8 Å². The first-order chi connectivity index (χ1) is 40.5. The van der Waals surface area contributed by atoms with Crippen LogP contribution in [0.25, 0.3) is 20.9 Å². The van der Waals surface area contributed by atoms with Gasteiger partial charge in [0.2, 0.25) is 23.0 Å². The third kappa shape index (κ3) is 44.2. The van der Waals surface area contributed by atoms with E-state index in [0.717, 1.165) is 58.9 Å². The first-order valence-electron chi connectivity index (χ1n) is 25.9. The van der Waals surface area contributed by atoms with Crippen molar-refractivity contribution in [2.45, 2.75) is 49.3 Å². The number of nitrogens with one attached hydrogen (secondary N) is 4. The molecule has 2 heterocycles. The van der Waals surface area contributed by atoms with E-state index in [2.05, 4.69) is 84.2 Å². The highest BCUT2D eigenvalue weighted by atomic mass is 35.5. The Morgan fingerprint density at radius 1 is 0.557 bits per heavy atom. The minimum Gasteiger partial charge on any atom is -0.399 e. The number of nitrogens with zero attached hydrogens (tertiary/aromatic N) is 11. The van der Waals surface area contributed by atoms with Crippen molar-refractivity contribution in [3.05, 3.63) is 159 Å². The summed E-state index contributed by atoms with van der Waals surface area (Å²) >= 11 is 25.5. The van der Waals surface area contributed by atoms with Gasteiger partial charge in [-0.15, -0.1) is 46.4 Å². The van der Waals surface area contributed by atoms with Crippen molar-refractivity contribution in [2.75, 3.05) is 138 Å². The van der Waals surface area contributed by atoms with Crippen LogP contribution in [0.15, 0.2) is 132 Å². The number of rotatable bonds is 14. The molecule has 5 aromatic carbocycles. The Labute approximate surface area is 544 Å². The number of quaternary nitrogens is 1. The summed E-state index contributed by atoms with van der Waals surface area (Å²) in [5.74, 6) is -0.921. The zero-order valence-electron chi connectivity index (χ0n) is 48.5. The van der Waals surface area contributed by atoms with Crippen molar-refractivity contribution in [3.63, 3.8) is 0 Å². The molecule has 0 spiro atoms. The number of nitrogen functional groups attached to an aromatic ring is 1. The number of aliphatic hydroxyl groups excluding tert-OH is 2. The van der Waals surface area contributed by atoms with Gasteiger partial charge in [-0.05, 0) is 123 Å². The fraction of sp³-hybridized carbons (Fsp3) is 0.400. The van der Waals surface area contributed by atoms with Gasteiger partial charge < -0.3 is 51.5 Å². The lowest BCUT2D eigenvalue weighted by atomic mass is 10.2. The number of nitrogens with two attached hydrogens (primary N) is 1. The second-order valence-electron chi connectivity index (χ2n) is 18.5. The van der Waals surface area contributed by atoms with Crippen LogP contribution in [0.1, 0.15) is 45.9 Å². The number of anilines is 5. The van der Waals surface area contributed by atoms with Gasteiger partial charge in [0.05, 0.1) is 45.3 Å². The monoisotopic (exact) mass is 1320 g/mol. The van der Waals surface area contributed by atoms with Gasteiger partial charge in [0.15, 0.2) is 6.54 Å². The molecule has 0 unspecified atom stereocenters. The summed E-state index contributed by atoms with van der Waals surface area (Å²) in [4.78, 5) is 66.5. The summed E-state index contributed by atoms with van der Waals surface area (Å²) in [6.07, 6.45) is 0. The van der Waals surface area contributed by atoms with Crippen LogP contribution in [0.2, 0.25) is 0 Å². The number of hydrogen-bond acceptors (Lipinski definition) is 14. The topological polar surface area (TPSA) is 331 Å². The minimum absolute atomic E-state index is 0. The van der Waals surface area contributed by atoms with Crippen LogP contribution in [0.4, 0.5) is 39.8 Å². The number of likely N-dealkylation sites (N-methyl/N-ethyl adjacent to an activating group) is 4. The molecule has 0 aromatic heterocycles. The Morgan fingerprint density at radius 2 is 0.830 bits per heavy atom. The van der Waals surface area contributed by atoms with E-state index >= 15 is 0 Å². The number of aryl methyl sites for hydroxylation is 1. The van der Waals surface area contributed by atoms with Crippen molar-refractivity contribution in [3.8, 4) is 6.07 Å². The van der Waals surface area contributed by atoms with Crippen LogP contribution in [0, 0.1) is 18.3 Å². The Bertz CT molecular complexity index is 2840. The lowest BCUT2D eigenvalue weighted by Crippen LogP contribution is -2.58. The number of alkyl halides is 4. The number of amides is 4. The standard InChI is InChI=1S/C14H20N6O.C9H10ClNO2.C9H10ClNO.C8H7ClN4O.C7H9NO.C6H14N2.C2H2Cl2O.C2H3N.3CH4/c1-19-7-9-20(2,10-8-19)11-14(21)16-12-3-5-13(6-4-12)17-18-15;10-5-9(13)11-8-3-1-7(6-12)2-4-8;1-7-2-4-8(5-3-7)11-9(12)6-10;9-5-8(14)11-6-1-3-7(4-2-6)12-13-10;8-7-3-1-6(5-9)2-4-7;1-7-3-5-8(2)6-4-7;3-1-2(4)5;1-2-3;;;/h3-6H,7-11H2,1-2H3;1-4,12H,5-6H2,(H,11,13);2-5H,6H2,1H3,(H,11,12);1-4H,5H2,(H,11,14);1-4,9H,5,8H2;3-6H2,1-2H3;1H2;1H3;3*1H4/p+1. The first kappa shape index (κ1) is 87.2. The van der Waals surface area contributed by atoms with Crippen molar-refractivity contribution in [1.29, 1.82) is 5.26 Å². The van der Waals surface area contributed by atoms with Gasteiger partial charge in [-0.3, -0.25) is 28.9 Å². The first-order valence-corrected chi connectivity index (χ1v) is 28.4. The van der Waals surface area contributed by atoms with Gasteiger partial charge in [0.1, 0.15) is 17.6 Å². The fourth-order valence-corrected chi connectivity index (χ4v) is 6.72. The molecular formula is C60H88Cl5N16O7+. The van der Waals surface area contributed by atoms with Gasteiger partial charge in [-0.2, -0.15) is 5.26 Å². The van der Waals surface area contributed by atoms with Crippen LogP contribution in [0.5, 0.6) is 0 Å². The molecule has 484 valence electrons. The van der Waals surface area contributed by atoms with Crippen molar-refractivity contribution in [2.24, 2.45) is 10.2 Å². The van der Waals surface area contributed by atoms with Crippen molar-refractivity contribution in [1.82, 2.24) is 14.7 Å². The average Bonchev–Trinajstić information content (AvgIpc) is 3.71. The van der Waals surface area contributed by atoms with Crippen molar-refractivity contribution < 1.29 is 38.7 Å². The molecule has 28 heteroatoms. The van der Waals surface area contributed by atoms with E-state index in [1.165, 1.54) is 38.7 Å². The van der Waals surface area contributed by atoms with Crippen LogP contribution in [-0.4, -0.2) is 169 Å². The molecular weight excluding hydrogens is 1230 g/mol. The molecule has 7 rings (SSSR count).